The summed E-state index contributed by atoms with van der Waals surface area (Å²) in [6, 6.07) is 0.620. The molecule has 0 spiro atoms. The van der Waals surface area contributed by atoms with Gasteiger partial charge in [0.2, 0.25) is 5.95 Å². The van der Waals surface area contributed by atoms with Crippen LogP contribution in [0.4, 0.5) is 5.95 Å². The molecule has 0 aromatic carbocycles. The molecule has 0 amide bonds. The van der Waals surface area contributed by atoms with Gasteiger partial charge in [0.1, 0.15) is 0 Å². The summed E-state index contributed by atoms with van der Waals surface area (Å²) in [6.45, 7) is 3.25. The Morgan fingerprint density at radius 1 is 1.35 bits per heavy atom. The van der Waals surface area contributed by atoms with Crippen LogP contribution in [0.25, 0.3) is 0 Å². The monoisotopic (exact) mass is 234 g/mol. The Morgan fingerprint density at radius 3 is 2.88 bits per heavy atom. The van der Waals surface area contributed by atoms with E-state index in [2.05, 4.69) is 20.2 Å². The number of hydrogen-bond acceptors (Lipinski definition) is 5. The topological polar surface area (TPSA) is 50.3 Å². The maximum Gasteiger partial charge on any atom is 0.225 e. The molecule has 2 aliphatic rings. The van der Waals surface area contributed by atoms with Crippen LogP contribution in [-0.2, 0) is 0 Å². The lowest BCUT2D eigenvalue weighted by Crippen LogP contribution is -2.40. The van der Waals surface area contributed by atoms with E-state index in [0.717, 1.165) is 31.5 Å². The van der Waals surface area contributed by atoms with Crippen molar-refractivity contribution in [3.8, 4) is 5.75 Å². The molecule has 0 unspecified atom stereocenters. The lowest BCUT2D eigenvalue weighted by Gasteiger charge is -2.24. The quantitative estimate of drug-likeness (QED) is 0.815. The molecular formula is C12H18N4O. The van der Waals surface area contributed by atoms with E-state index in [1.54, 1.807) is 19.5 Å². The number of hydrogen-bond donors (Lipinski definition) is 1. The van der Waals surface area contributed by atoms with E-state index in [-0.39, 0.29) is 0 Å². The third kappa shape index (κ3) is 2.07. The van der Waals surface area contributed by atoms with Gasteiger partial charge in [-0.2, -0.15) is 0 Å². The van der Waals surface area contributed by atoms with Crippen molar-refractivity contribution < 1.29 is 4.74 Å². The zero-order valence-electron chi connectivity index (χ0n) is 10.1. The SMILES string of the molecule is COc1cnc(N2C[C@@H]3CCCN[C@@H]3C2)nc1. The number of anilines is 1. The van der Waals surface area contributed by atoms with Crippen molar-refractivity contribution in [1.82, 2.24) is 15.3 Å². The van der Waals surface area contributed by atoms with E-state index in [1.165, 1.54) is 12.8 Å². The average Bonchev–Trinajstić information content (AvgIpc) is 2.82. The van der Waals surface area contributed by atoms with Crippen molar-refractivity contribution in [3.63, 3.8) is 0 Å². The predicted octanol–water partition coefficient (Wildman–Crippen LogP) is 0.673. The van der Waals surface area contributed by atoms with E-state index in [9.17, 15) is 0 Å². The highest BCUT2D eigenvalue weighted by atomic mass is 16.5. The molecule has 3 rings (SSSR count). The van der Waals surface area contributed by atoms with Crippen LogP contribution in [-0.4, -0.2) is 42.8 Å². The number of aromatic nitrogens is 2. The molecule has 1 N–H and O–H groups in total. The van der Waals surface area contributed by atoms with Crippen LogP contribution < -0.4 is 15.0 Å². The zero-order chi connectivity index (χ0) is 11.7. The van der Waals surface area contributed by atoms with Crippen molar-refractivity contribution in [2.75, 3.05) is 31.6 Å². The fourth-order valence-electron chi connectivity index (χ4n) is 2.79. The lowest BCUT2D eigenvalue weighted by molar-refractivity contribution is 0.340. The molecule has 2 fully saturated rings. The third-order valence-electron chi connectivity index (χ3n) is 3.73. The van der Waals surface area contributed by atoms with Gasteiger partial charge in [0, 0.05) is 19.1 Å². The van der Waals surface area contributed by atoms with Gasteiger partial charge in [-0.15, -0.1) is 0 Å². The van der Waals surface area contributed by atoms with Crippen LogP contribution in [0.5, 0.6) is 5.75 Å². The largest absolute Gasteiger partial charge is 0.494 e. The third-order valence-corrected chi connectivity index (χ3v) is 3.73. The van der Waals surface area contributed by atoms with Crippen molar-refractivity contribution in [1.29, 1.82) is 0 Å². The smallest absolute Gasteiger partial charge is 0.225 e. The standard InChI is InChI=1S/C12H18N4O/c1-17-10-5-14-12(15-6-10)16-7-9-3-2-4-13-11(9)8-16/h5-6,9,11,13H,2-4,7-8H2,1H3/t9-,11+/m0/s1. The first-order valence-electron chi connectivity index (χ1n) is 6.21. The predicted molar refractivity (Wildman–Crippen MR) is 65.3 cm³/mol. The molecule has 0 saturated carbocycles. The minimum atomic E-state index is 0.620. The molecule has 2 saturated heterocycles. The van der Waals surface area contributed by atoms with E-state index in [1.807, 2.05) is 0 Å². The van der Waals surface area contributed by atoms with Crippen molar-refractivity contribution in [2.45, 2.75) is 18.9 Å². The molecule has 5 heteroatoms. The number of rotatable bonds is 2. The Balaban J connectivity index is 1.72. The number of ether oxygens (including phenoxy) is 1. The minimum absolute atomic E-state index is 0.620. The molecule has 92 valence electrons. The van der Waals surface area contributed by atoms with E-state index < -0.39 is 0 Å². The summed E-state index contributed by atoms with van der Waals surface area (Å²) in [7, 11) is 1.63. The summed E-state index contributed by atoms with van der Waals surface area (Å²) in [5.41, 5.74) is 0. The maximum absolute atomic E-state index is 5.07. The summed E-state index contributed by atoms with van der Waals surface area (Å²) >= 11 is 0. The summed E-state index contributed by atoms with van der Waals surface area (Å²) < 4.78 is 5.07. The van der Waals surface area contributed by atoms with E-state index in [4.69, 9.17) is 4.74 Å². The van der Waals surface area contributed by atoms with Gasteiger partial charge in [0.05, 0.1) is 19.5 Å². The normalized spacial score (nSPS) is 27.9. The molecule has 0 aliphatic carbocycles. The second kappa shape index (κ2) is 4.49. The van der Waals surface area contributed by atoms with Crippen molar-refractivity contribution >= 4 is 5.95 Å². The highest BCUT2D eigenvalue weighted by Crippen LogP contribution is 2.27. The molecule has 0 bridgehead atoms. The Hall–Kier alpha value is -1.36. The van der Waals surface area contributed by atoms with Gasteiger partial charge in [-0.05, 0) is 25.3 Å². The first kappa shape index (κ1) is 10.8. The lowest BCUT2D eigenvalue weighted by atomic mass is 9.94. The van der Waals surface area contributed by atoms with Gasteiger partial charge in [-0.1, -0.05) is 0 Å². The number of piperidine rings is 1. The zero-order valence-corrected chi connectivity index (χ0v) is 10.1. The molecule has 17 heavy (non-hydrogen) atoms. The van der Waals surface area contributed by atoms with Gasteiger partial charge < -0.3 is 15.0 Å². The fourth-order valence-corrected chi connectivity index (χ4v) is 2.79. The van der Waals surface area contributed by atoms with Crippen molar-refractivity contribution in [2.24, 2.45) is 5.92 Å². The highest BCUT2D eigenvalue weighted by molar-refractivity contribution is 5.34. The summed E-state index contributed by atoms with van der Waals surface area (Å²) in [5.74, 6) is 2.29. The van der Waals surface area contributed by atoms with Gasteiger partial charge in [-0.25, -0.2) is 9.97 Å². The molecule has 3 heterocycles. The first-order valence-corrected chi connectivity index (χ1v) is 6.21. The van der Waals surface area contributed by atoms with Gasteiger partial charge >= 0.3 is 0 Å². The number of fused-ring (bicyclic) bond motifs is 1. The van der Waals surface area contributed by atoms with Crippen LogP contribution in [0.1, 0.15) is 12.8 Å². The number of nitrogens with zero attached hydrogens (tertiary/aromatic N) is 3. The molecule has 2 atom stereocenters. The molecule has 2 aliphatic heterocycles. The van der Waals surface area contributed by atoms with Crippen molar-refractivity contribution in [3.05, 3.63) is 12.4 Å². The van der Waals surface area contributed by atoms with Crippen LogP contribution in [0.2, 0.25) is 0 Å². The maximum atomic E-state index is 5.07. The number of nitrogens with one attached hydrogen (secondary N) is 1. The van der Waals surface area contributed by atoms with E-state index >= 15 is 0 Å². The van der Waals surface area contributed by atoms with Crippen LogP contribution >= 0.6 is 0 Å². The Labute approximate surface area is 101 Å². The van der Waals surface area contributed by atoms with Crippen LogP contribution in [0, 0.1) is 5.92 Å². The summed E-state index contributed by atoms with van der Waals surface area (Å²) in [6.07, 6.45) is 6.08. The second-order valence-corrected chi connectivity index (χ2v) is 4.79. The summed E-state index contributed by atoms with van der Waals surface area (Å²) in [4.78, 5) is 11.0. The molecule has 5 nitrogen and oxygen atoms in total. The Kier molecular flexibility index (Phi) is 2.84. The molecule has 1 aromatic rings. The highest BCUT2D eigenvalue weighted by Gasteiger charge is 2.35. The Bertz CT molecular complexity index is 367. The van der Waals surface area contributed by atoms with Gasteiger partial charge in [0.25, 0.3) is 0 Å². The first-order chi connectivity index (χ1) is 8.36. The van der Waals surface area contributed by atoms with E-state index in [0.29, 0.717) is 11.8 Å². The molecular weight excluding hydrogens is 216 g/mol. The molecule has 1 aromatic heterocycles. The van der Waals surface area contributed by atoms with Crippen LogP contribution in [0.3, 0.4) is 0 Å². The average molecular weight is 234 g/mol. The fraction of sp³-hybridized carbons (Fsp3) is 0.667. The van der Waals surface area contributed by atoms with Gasteiger partial charge in [-0.3, -0.25) is 0 Å². The summed E-state index contributed by atoms with van der Waals surface area (Å²) in [5, 5.41) is 3.58. The Morgan fingerprint density at radius 2 is 2.18 bits per heavy atom. The minimum Gasteiger partial charge on any atom is -0.494 e. The van der Waals surface area contributed by atoms with Gasteiger partial charge in [0.15, 0.2) is 5.75 Å². The molecule has 0 radical (unpaired) electrons. The van der Waals surface area contributed by atoms with Crippen LogP contribution in [0.15, 0.2) is 12.4 Å². The number of methoxy groups -OCH3 is 1. The second-order valence-electron chi connectivity index (χ2n) is 4.79.